The number of carbonyl (C=O) groups excluding carboxylic acids is 1. The Bertz CT molecular complexity index is 665. The van der Waals surface area contributed by atoms with E-state index in [0.717, 1.165) is 21.2 Å². The predicted octanol–water partition coefficient (Wildman–Crippen LogP) is 4.20. The number of hydrogen-bond acceptors (Lipinski definition) is 3. The van der Waals surface area contributed by atoms with E-state index >= 15 is 0 Å². The molecule has 2 rings (SSSR count). The molecule has 2 aromatic rings. The monoisotopic (exact) mass is 348 g/mol. The van der Waals surface area contributed by atoms with Crippen molar-refractivity contribution in [3.8, 4) is 11.5 Å². The number of ketones is 1. The molecule has 0 aliphatic rings. The molecule has 0 aliphatic heterocycles. The summed E-state index contributed by atoms with van der Waals surface area (Å²) in [6.07, 6.45) is 0.331. The van der Waals surface area contributed by atoms with E-state index in [-0.39, 0.29) is 5.78 Å². The number of rotatable bonds is 5. The highest BCUT2D eigenvalue weighted by atomic mass is 79.9. The smallest absolute Gasteiger partial charge is 0.167 e. The van der Waals surface area contributed by atoms with Gasteiger partial charge in [-0.05, 0) is 42.3 Å². The third-order valence-corrected chi connectivity index (χ3v) is 3.81. The van der Waals surface area contributed by atoms with E-state index in [0.29, 0.717) is 17.9 Å². The Morgan fingerprint density at radius 3 is 2.43 bits per heavy atom. The molecule has 0 saturated carbocycles. The molecule has 3 nitrogen and oxygen atoms in total. The molecule has 21 heavy (non-hydrogen) atoms. The third-order valence-electron chi connectivity index (χ3n) is 3.31. The zero-order valence-corrected chi connectivity index (χ0v) is 13.9. The fourth-order valence-corrected chi connectivity index (χ4v) is 2.53. The summed E-state index contributed by atoms with van der Waals surface area (Å²) in [6.45, 7) is 1.94. The summed E-state index contributed by atoms with van der Waals surface area (Å²) in [6, 6.07) is 11.3. The lowest BCUT2D eigenvalue weighted by atomic mass is 9.99. The molecule has 0 unspecified atom stereocenters. The van der Waals surface area contributed by atoms with Gasteiger partial charge in [-0.15, -0.1) is 0 Å². The minimum Gasteiger partial charge on any atom is -0.493 e. The maximum atomic E-state index is 12.4. The Balaban J connectivity index is 2.25. The van der Waals surface area contributed by atoms with E-state index in [1.54, 1.807) is 14.2 Å². The van der Waals surface area contributed by atoms with Crippen molar-refractivity contribution in [2.45, 2.75) is 13.3 Å². The van der Waals surface area contributed by atoms with Gasteiger partial charge in [0.15, 0.2) is 17.3 Å². The van der Waals surface area contributed by atoms with Crippen LogP contribution in [0, 0.1) is 6.92 Å². The van der Waals surface area contributed by atoms with Crippen molar-refractivity contribution in [2.75, 3.05) is 14.2 Å². The summed E-state index contributed by atoms with van der Waals surface area (Å²) in [7, 11) is 3.18. The highest BCUT2D eigenvalue weighted by Gasteiger charge is 2.12. The van der Waals surface area contributed by atoms with Gasteiger partial charge in [-0.3, -0.25) is 4.79 Å². The van der Waals surface area contributed by atoms with Crippen LogP contribution in [0.2, 0.25) is 0 Å². The molecule has 0 heterocycles. The third kappa shape index (κ3) is 3.64. The molecule has 0 spiro atoms. The molecule has 110 valence electrons. The highest BCUT2D eigenvalue weighted by Crippen LogP contribution is 2.28. The summed E-state index contributed by atoms with van der Waals surface area (Å²) in [5.74, 6) is 1.38. The largest absolute Gasteiger partial charge is 0.493 e. The van der Waals surface area contributed by atoms with Crippen LogP contribution in [0.25, 0.3) is 0 Å². The zero-order valence-electron chi connectivity index (χ0n) is 12.3. The number of methoxy groups -OCH3 is 2. The summed E-state index contributed by atoms with van der Waals surface area (Å²) < 4.78 is 11.4. The fraction of sp³-hybridized carbons (Fsp3) is 0.235. The molecular weight excluding hydrogens is 332 g/mol. The molecule has 0 fully saturated rings. The number of aryl methyl sites for hydroxylation is 1. The SMILES string of the molecule is COc1ccc(CC(=O)c2cc(Br)ccc2C)cc1OC. The Morgan fingerprint density at radius 1 is 1.05 bits per heavy atom. The highest BCUT2D eigenvalue weighted by molar-refractivity contribution is 9.10. The molecule has 4 heteroatoms. The number of halogens is 1. The second-order valence-electron chi connectivity index (χ2n) is 4.75. The van der Waals surface area contributed by atoms with E-state index in [9.17, 15) is 4.79 Å². The maximum absolute atomic E-state index is 12.4. The van der Waals surface area contributed by atoms with Crippen LogP contribution in [0.15, 0.2) is 40.9 Å². The van der Waals surface area contributed by atoms with Gasteiger partial charge in [-0.2, -0.15) is 0 Å². The van der Waals surface area contributed by atoms with Crippen LogP contribution in [0.5, 0.6) is 11.5 Å². The summed E-state index contributed by atoms with van der Waals surface area (Å²) in [5.41, 5.74) is 2.61. The topological polar surface area (TPSA) is 35.5 Å². The van der Waals surface area contributed by atoms with Crippen molar-refractivity contribution >= 4 is 21.7 Å². The Hall–Kier alpha value is -1.81. The van der Waals surface area contributed by atoms with E-state index in [2.05, 4.69) is 15.9 Å². The molecule has 0 N–H and O–H groups in total. The molecule has 2 aromatic carbocycles. The van der Waals surface area contributed by atoms with Crippen LogP contribution in [0.1, 0.15) is 21.5 Å². The first-order valence-electron chi connectivity index (χ1n) is 6.55. The van der Waals surface area contributed by atoms with Gasteiger partial charge >= 0.3 is 0 Å². The fourth-order valence-electron chi connectivity index (χ4n) is 2.17. The quantitative estimate of drug-likeness (QED) is 0.759. The van der Waals surface area contributed by atoms with Gasteiger partial charge in [-0.25, -0.2) is 0 Å². The van der Waals surface area contributed by atoms with Gasteiger partial charge in [-0.1, -0.05) is 28.1 Å². The molecule has 0 saturated heterocycles. The molecular formula is C17H17BrO3. The molecule has 0 aliphatic carbocycles. The van der Waals surface area contributed by atoms with Crippen molar-refractivity contribution in [3.63, 3.8) is 0 Å². The molecule has 0 radical (unpaired) electrons. The lowest BCUT2D eigenvalue weighted by Gasteiger charge is -2.10. The first-order valence-corrected chi connectivity index (χ1v) is 7.34. The number of benzene rings is 2. The molecule has 0 atom stereocenters. The Morgan fingerprint density at radius 2 is 1.76 bits per heavy atom. The maximum Gasteiger partial charge on any atom is 0.167 e. The van der Waals surface area contributed by atoms with Crippen molar-refractivity contribution < 1.29 is 14.3 Å². The second-order valence-corrected chi connectivity index (χ2v) is 5.66. The summed E-state index contributed by atoms with van der Waals surface area (Å²) >= 11 is 3.40. The number of ether oxygens (including phenoxy) is 2. The average molecular weight is 349 g/mol. The minimum atomic E-state index is 0.0843. The molecule has 0 amide bonds. The first-order chi connectivity index (χ1) is 10.0. The van der Waals surface area contributed by atoms with Crippen LogP contribution in [0.3, 0.4) is 0 Å². The number of carbonyl (C=O) groups is 1. The van der Waals surface area contributed by atoms with Crippen molar-refractivity contribution in [1.82, 2.24) is 0 Å². The number of hydrogen-bond donors (Lipinski definition) is 0. The molecule has 0 aromatic heterocycles. The van der Waals surface area contributed by atoms with E-state index in [4.69, 9.17) is 9.47 Å². The average Bonchev–Trinajstić information content (AvgIpc) is 2.49. The standard InChI is InChI=1S/C17H17BrO3/c1-11-4-6-13(18)10-14(11)15(19)8-12-5-7-16(20-2)17(9-12)21-3/h4-7,9-10H,8H2,1-3H3. The van der Waals surface area contributed by atoms with Crippen molar-refractivity contribution in [2.24, 2.45) is 0 Å². The lowest BCUT2D eigenvalue weighted by Crippen LogP contribution is -2.06. The van der Waals surface area contributed by atoms with Crippen molar-refractivity contribution in [1.29, 1.82) is 0 Å². The van der Waals surface area contributed by atoms with E-state index in [1.807, 2.05) is 43.3 Å². The van der Waals surface area contributed by atoms with Crippen LogP contribution in [-0.4, -0.2) is 20.0 Å². The zero-order chi connectivity index (χ0) is 15.4. The normalized spacial score (nSPS) is 10.3. The van der Waals surface area contributed by atoms with Crippen LogP contribution >= 0.6 is 15.9 Å². The van der Waals surface area contributed by atoms with Gasteiger partial charge in [0.05, 0.1) is 14.2 Å². The van der Waals surface area contributed by atoms with Gasteiger partial charge in [0.1, 0.15) is 0 Å². The van der Waals surface area contributed by atoms with Crippen LogP contribution in [0.4, 0.5) is 0 Å². The van der Waals surface area contributed by atoms with Gasteiger partial charge < -0.3 is 9.47 Å². The molecule has 0 bridgehead atoms. The van der Waals surface area contributed by atoms with Gasteiger partial charge in [0.2, 0.25) is 0 Å². The second kappa shape index (κ2) is 6.76. The first kappa shape index (κ1) is 15.6. The van der Waals surface area contributed by atoms with Crippen LogP contribution in [-0.2, 0) is 6.42 Å². The number of Topliss-reactive ketones (excluding diaryl/α,β-unsaturated/α-hetero) is 1. The summed E-state index contributed by atoms with van der Waals surface area (Å²) in [5, 5.41) is 0. The van der Waals surface area contributed by atoms with E-state index < -0.39 is 0 Å². The van der Waals surface area contributed by atoms with Gasteiger partial charge in [0.25, 0.3) is 0 Å². The van der Waals surface area contributed by atoms with E-state index in [1.165, 1.54) is 0 Å². The lowest BCUT2D eigenvalue weighted by molar-refractivity contribution is 0.0992. The van der Waals surface area contributed by atoms with Crippen LogP contribution < -0.4 is 9.47 Å². The predicted molar refractivity (Wildman–Crippen MR) is 86.5 cm³/mol. The minimum absolute atomic E-state index is 0.0843. The Labute approximate surface area is 133 Å². The summed E-state index contributed by atoms with van der Waals surface area (Å²) in [4.78, 5) is 12.4. The Kier molecular flexibility index (Phi) is 5.02. The van der Waals surface area contributed by atoms with Gasteiger partial charge in [0, 0.05) is 16.5 Å². The van der Waals surface area contributed by atoms with Crippen molar-refractivity contribution in [3.05, 3.63) is 57.6 Å².